The van der Waals surface area contributed by atoms with Gasteiger partial charge in [-0.05, 0) is 55.1 Å². The lowest BCUT2D eigenvalue weighted by Crippen LogP contribution is -2.45. The largest absolute Gasteiger partial charge is 0.347 e. The summed E-state index contributed by atoms with van der Waals surface area (Å²) in [6.07, 6.45) is 4.46. The van der Waals surface area contributed by atoms with Crippen LogP contribution in [0.25, 0.3) is 10.2 Å². The minimum atomic E-state index is -0.284. The maximum Gasteiger partial charge on any atom is 0.331 e. The van der Waals surface area contributed by atoms with Gasteiger partial charge in [-0.15, -0.1) is 11.3 Å². The van der Waals surface area contributed by atoms with Gasteiger partial charge in [-0.25, -0.2) is 9.78 Å². The van der Waals surface area contributed by atoms with E-state index in [9.17, 15) is 9.59 Å². The van der Waals surface area contributed by atoms with Gasteiger partial charge in [0.05, 0.1) is 22.4 Å². The molecule has 2 aliphatic rings. The lowest BCUT2D eigenvalue weighted by atomic mass is 10.0. The Bertz CT molecular complexity index is 1410. The normalized spacial score (nSPS) is 17.3. The lowest BCUT2D eigenvalue weighted by Gasteiger charge is -2.29. The van der Waals surface area contributed by atoms with Crippen LogP contribution in [-0.4, -0.2) is 36.1 Å². The Morgan fingerprint density at radius 1 is 1.11 bits per heavy atom. The second-order valence-corrected chi connectivity index (χ2v) is 9.93. The highest BCUT2D eigenvalue weighted by atomic mass is 32.1. The van der Waals surface area contributed by atoms with Crippen molar-refractivity contribution in [3.05, 3.63) is 82.9 Å². The maximum absolute atomic E-state index is 13.4. The van der Waals surface area contributed by atoms with Gasteiger partial charge in [0.15, 0.2) is 0 Å². The first-order valence-electron chi connectivity index (χ1n) is 11.8. The number of hydrogen-bond donors (Lipinski definition) is 3. The molecule has 0 radical (unpaired) electrons. The first kappa shape index (κ1) is 21.8. The van der Waals surface area contributed by atoms with E-state index in [0.29, 0.717) is 10.6 Å². The highest BCUT2D eigenvalue weighted by molar-refractivity contribution is 7.21. The third-order valence-corrected chi connectivity index (χ3v) is 7.60. The Morgan fingerprint density at radius 3 is 2.80 bits per heavy atom. The summed E-state index contributed by atoms with van der Waals surface area (Å²) in [6, 6.07) is 19.9. The summed E-state index contributed by atoms with van der Waals surface area (Å²) in [6.45, 7) is 1.74. The predicted molar refractivity (Wildman–Crippen MR) is 140 cm³/mol. The fraction of sp³-hybridized carbons (Fsp3) is 0.222. The van der Waals surface area contributed by atoms with Gasteiger partial charge in [-0.1, -0.05) is 42.5 Å². The van der Waals surface area contributed by atoms with Gasteiger partial charge < -0.3 is 16.0 Å². The summed E-state index contributed by atoms with van der Waals surface area (Å²) in [7, 11) is 0. The Morgan fingerprint density at radius 2 is 1.97 bits per heavy atom. The van der Waals surface area contributed by atoms with Crippen LogP contribution in [0, 0.1) is 0 Å². The second-order valence-electron chi connectivity index (χ2n) is 8.93. The van der Waals surface area contributed by atoms with E-state index in [4.69, 9.17) is 0 Å². The average Bonchev–Trinajstić information content (AvgIpc) is 3.25. The van der Waals surface area contributed by atoms with Crippen molar-refractivity contribution >= 4 is 50.6 Å². The van der Waals surface area contributed by atoms with E-state index in [0.717, 1.165) is 59.5 Å². The number of pyridine rings is 1. The van der Waals surface area contributed by atoms with Crippen LogP contribution in [0.1, 0.15) is 33.6 Å². The molecule has 35 heavy (non-hydrogen) atoms. The Labute approximate surface area is 207 Å². The summed E-state index contributed by atoms with van der Waals surface area (Å²) >= 11 is 1.32. The number of rotatable bonds is 5. The molecule has 7 nitrogen and oxygen atoms in total. The molecule has 8 heteroatoms. The molecule has 1 unspecified atom stereocenters. The molecule has 2 aliphatic heterocycles. The Balaban J connectivity index is 1.35. The van der Waals surface area contributed by atoms with Crippen molar-refractivity contribution in [1.29, 1.82) is 0 Å². The van der Waals surface area contributed by atoms with Gasteiger partial charge in [0.25, 0.3) is 5.91 Å². The number of aromatic nitrogens is 1. The van der Waals surface area contributed by atoms with Crippen LogP contribution < -0.4 is 20.9 Å². The number of carbonyl (C=O) groups excluding carboxylic acids is 2. The van der Waals surface area contributed by atoms with Gasteiger partial charge in [0.1, 0.15) is 9.71 Å². The third kappa shape index (κ3) is 4.15. The van der Waals surface area contributed by atoms with Crippen LogP contribution in [0.3, 0.4) is 0 Å². The van der Waals surface area contributed by atoms with Gasteiger partial charge >= 0.3 is 6.03 Å². The van der Waals surface area contributed by atoms with Crippen molar-refractivity contribution in [2.45, 2.75) is 25.3 Å². The number of amides is 3. The maximum atomic E-state index is 13.4. The molecule has 1 fully saturated rings. The smallest absolute Gasteiger partial charge is 0.331 e. The van der Waals surface area contributed by atoms with Crippen LogP contribution in [0.4, 0.5) is 21.9 Å². The second kappa shape index (κ2) is 9.13. The molecule has 3 amide bonds. The number of benzene rings is 2. The van der Waals surface area contributed by atoms with E-state index in [2.05, 4.69) is 39.1 Å². The molecule has 4 aromatic rings. The molecule has 6 rings (SSSR count). The van der Waals surface area contributed by atoms with Gasteiger partial charge in [0, 0.05) is 18.8 Å². The Hall–Kier alpha value is -3.75. The molecule has 0 aliphatic carbocycles. The quantitative estimate of drug-likeness (QED) is 0.371. The van der Waals surface area contributed by atoms with Crippen molar-refractivity contribution in [2.24, 2.45) is 0 Å². The zero-order valence-electron chi connectivity index (χ0n) is 19.1. The number of carbonyl (C=O) groups is 2. The number of nitrogens with zero attached hydrogens (tertiary/aromatic N) is 2. The molecule has 3 N–H and O–H groups in total. The molecule has 4 heterocycles. The zero-order valence-corrected chi connectivity index (χ0v) is 19.9. The summed E-state index contributed by atoms with van der Waals surface area (Å²) in [5.74, 6) is -0.166. The predicted octanol–water partition coefficient (Wildman–Crippen LogP) is 5.05. The third-order valence-electron chi connectivity index (χ3n) is 6.50. The van der Waals surface area contributed by atoms with Crippen LogP contribution in [0.2, 0.25) is 0 Å². The topological polar surface area (TPSA) is 86.4 Å². The monoisotopic (exact) mass is 483 g/mol. The highest BCUT2D eigenvalue weighted by Gasteiger charge is 2.33. The molecule has 2 aromatic heterocycles. The average molecular weight is 484 g/mol. The number of anilines is 3. The van der Waals surface area contributed by atoms with Crippen molar-refractivity contribution < 1.29 is 9.59 Å². The van der Waals surface area contributed by atoms with E-state index in [1.165, 1.54) is 16.9 Å². The van der Waals surface area contributed by atoms with Crippen molar-refractivity contribution in [3.8, 4) is 0 Å². The molecule has 1 saturated heterocycles. The summed E-state index contributed by atoms with van der Waals surface area (Å²) in [5.41, 5.74) is 4.39. The van der Waals surface area contributed by atoms with Crippen LogP contribution in [0.15, 0.2) is 66.9 Å². The van der Waals surface area contributed by atoms with Crippen molar-refractivity contribution in [1.82, 2.24) is 15.6 Å². The summed E-state index contributed by atoms with van der Waals surface area (Å²) in [5, 5.41) is 10.2. The molecule has 1 atom stereocenters. The molecular formula is C27H25N5O2S. The molecule has 2 aromatic carbocycles. The number of piperidine rings is 1. The fourth-order valence-corrected chi connectivity index (χ4v) is 5.89. The molecule has 0 saturated carbocycles. The lowest BCUT2D eigenvalue weighted by molar-refractivity contribution is 0.0935. The fourth-order valence-electron chi connectivity index (χ4n) is 4.86. The van der Waals surface area contributed by atoms with E-state index >= 15 is 0 Å². The van der Waals surface area contributed by atoms with Crippen molar-refractivity contribution in [3.63, 3.8) is 0 Å². The van der Waals surface area contributed by atoms with Gasteiger partial charge in [-0.3, -0.25) is 9.69 Å². The molecule has 0 bridgehead atoms. The summed E-state index contributed by atoms with van der Waals surface area (Å²) < 4.78 is 0. The van der Waals surface area contributed by atoms with E-state index in [1.807, 2.05) is 42.5 Å². The van der Waals surface area contributed by atoms with Gasteiger partial charge in [0.2, 0.25) is 0 Å². The van der Waals surface area contributed by atoms with Crippen molar-refractivity contribution in [2.75, 3.05) is 23.3 Å². The molecule has 0 spiro atoms. The number of nitrogens with one attached hydrogen (secondary N) is 3. The number of urea groups is 1. The highest BCUT2D eigenvalue weighted by Crippen LogP contribution is 2.45. The van der Waals surface area contributed by atoms with E-state index < -0.39 is 0 Å². The number of thiophene rings is 1. The summed E-state index contributed by atoms with van der Waals surface area (Å²) in [4.78, 5) is 33.9. The first-order chi connectivity index (χ1) is 17.2. The van der Waals surface area contributed by atoms with Crippen LogP contribution in [-0.2, 0) is 6.42 Å². The Kier molecular flexibility index (Phi) is 5.67. The number of hydrogen-bond acceptors (Lipinski definition) is 5. The molecular weight excluding hydrogens is 458 g/mol. The zero-order chi connectivity index (χ0) is 23.8. The van der Waals surface area contributed by atoms with E-state index in [-0.39, 0.29) is 18.0 Å². The van der Waals surface area contributed by atoms with Crippen LogP contribution >= 0.6 is 11.3 Å². The first-order valence-corrected chi connectivity index (χ1v) is 12.7. The SMILES string of the molecule is O=C(NC1CCCNC1)c1sc2nccc3c2c1NC(=O)N3c1cccc(Cc2ccccc2)c1. The van der Waals surface area contributed by atoms with E-state index in [1.54, 1.807) is 11.1 Å². The van der Waals surface area contributed by atoms with Crippen LogP contribution in [0.5, 0.6) is 0 Å². The minimum Gasteiger partial charge on any atom is -0.347 e. The standard InChI is InChI=1S/C27H25N5O2S/c33-25(30-19-9-5-12-28-16-19)24-23-22-21(11-13-29-26(22)35-24)32(27(34)31-23)20-10-4-8-18(15-20)14-17-6-2-1-3-7-17/h1-4,6-8,10-11,13,15,19,28H,5,9,12,14,16H2,(H,30,33)(H,31,34). The van der Waals surface area contributed by atoms with Gasteiger partial charge in [-0.2, -0.15) is 0 Å². The molecule has 176 valence electrons. The minimum absolute atomic E-state index is 0.0873.